The van der Waals surface area contributed by atoms with Gasteiger partial charge in [-0.25, -0.2) is 4.98 Å². The molecule has 0 amide bonds. The van der Waals surface area contributed by atoms with E-state index in [4.69, 9.17) is 4.74 Å². The average molecular weight is 350 g/mol. The van der Waals surface area contributed by atoms with Gasteiger partial charge in [-0.15, -0.1) is 0 Å². The van der Waals surface area contributed by atoms with Crippen molar-refractivity contribution in [3.63, 3.8) is 0 Å². The lowest BCUT2D eigenvalue weighted by Gasteiger charge is -2.14. The minimum absolute atomic E-state index is 0.218. The monoisotopic (exact) mass is 349 g/mol. The second kappa shape index (κ2) is 8.07. The highest BCUT2D eigenvalue weighted by Crippen LogP contribution is 2.29. The zero-order valence-corrected chi connectivity index (χ0v) is 13.6. The molecule has 1 rings (SSSR count). The van der Waals surface area contributed by atoms with Crippen LogP contribution < -0.4 is 0 Å². The smallest absolute Gasteiger partial charge is 0.322 e. The SMILES string of the molecule is CC(C)(Br)C(=O)OCCCSSc1ccccn1. The Hall–Kier alpha value is -0.200. The molecule has 1 aromatic rings. The Bertz CT molecular complexity index is 368. The molecule has 0 saturated heterocycles. The number of aromatic nitrogens is 1. The van der Waals surface area contributed by atoms with Gasteiger partial charge in [0.05, 0.1) is 6.61 Å². The van der Waals surface area contributed by atoms with Crippen molar-refractivity contribution in [3.05, 3.63) is 24.4 Å². The number of esters is 1. The van der Waals surface area contributed by atoms with Crippen molar-refractivity contribution >= 4 is 43.5 Å². The fraction of sp³-hybridized carbons (Fsp3) is 0.500. The highest BCUT2D eigenvalue weighted by molar-refractivity contribution is 9.10. The van der Waals surface area contributed by atoms with Gasteiger partial charge >= 0.3 is 5.97 Å². The van der Waals surface area contributed by atoms with E-state index in [1.54, 1.807) is 41.6 Å². The first-order valence-electron chi connectivity index (χ1n) is 5.57. The van der Waals surface area contributed by atoms with Crippen LogP contribution in [0.15, 0.2) is 29.4 Å². The van der Waals surface area contributed by atoms with Crippen LogP contribution in [-0.2, 0) is 9.53 Å². The van der Waals surface area contributed by atoms with Gasteiger partial charge in [0, 0.05) is 11.9 Å². The predicted molar refractivity (Wildman–Crippen MR) is 81.1 cm³/mol. The molecule has 0 N–H and O–H groups in total. The predicted octanol–water partition coefficient (Wildman–Crippen LogP) is 3.93. The maximum atomic E-state index is 11.4. The summed E-state index contributed by atoms with van der Waals surface area (Å²) in [6.07, 6.45) is 2.63. The lowest BCUT2D eigenvalue weighted by atomic mass is 10.2. The summed E-state index contributed by atoms with van der Waals surface area (Å²) in [6, 6.07) is 5.84. The van der Waals surface area contributed by atoms with Crippen LogP contribution in [0.4, 0.5) is 0 Å². The number of rotatable bonds is 7. The summed E-state index contributed by atoms with van der Waals surface area (Å²) < 4.78 is 4.54. The molecule has 0 fully saturated rings. The van der Waals surface area contributed by atoms with Crippen LogP contribution in [0.1, 0.15) is 20.3 Å². The van der Waals surface area contributed by atoms with Crippen LogP contribution >= 0.6 is 37.5 Å². The number of hydrogen-bond acceptors (Lipinski definition) is 5. The topological polar surface area (TPSA) is 39.2 Å². The Morgan fingerprint density at radius 1 is 1.50 bits per heavy atom. The van der Waals surface area contributed by atoms with Crippen LogP contribution in [0.25, 0.3) is 0 Å². The van der Waals surface area contributed by atoms with E-state index in [0.29, 0.717) is 6.61 Å². The molecule has 100 valence electrons. The fourth-order valence-electron chi connectivity index (χ4n) is 0.953. The molecule has 1 aromatic heterocycles. The van der Waals surface area contributed by atoms with E-state index >= 15 is 0 Å². The molecular formula is C12H16BrNO2S2. The molecule has 0 unspecified atom stereocenters. The largest absolute Gasteiger partial charge is 0.465 e. The molecule has 0 aliphatic heterocycles. The first-order valence-corrected chi connectivity index (χ1v) is 8.68. The third-order valence-corrected chi connectivity index (χ3v) is 4.55. The fourth-order valence-corrected chi connectivity index (χ4v) is 3.01. The van der Waals surface area contributed by atoms with E-state index in [2.05, 4.69) is 20.9 Å². The summed E-state index contributed by atoms with van der Waals surface area (Å²) in [6.45, 7) is 4.02. The Morgan fingerprint density at radius 3 is 2.89 bits per heavy atom. The molecule has 3 nitrogen and oxygen atoms in total. The summed E-state index contributed by atoms with van der Waals surface area (Å²) in [4.78, 5) is 15.6. The van der Waals surface area contributed by atoms with Crippen LogP contribution in [0.5, 0.6) is 0 Å². The summed E-state index contributed by atoms with van der Waals surface area (Å²) in [5, 5.41) is 1.00. The van der Waals surface area contributed by atoms with Crippen LogP contribution in [0, 0.1) is 0 Å². The van der Waals surface area contributed by atoms with E-state index < -0.39 is 4.32 Å². The Labute approximate surface area is 124 Å². The molecule has 0 atom stereocenters. The standard InChI is InChI=1S/C12H16BrNO2S2/c1-12(2,13)11(15)16-8-5-9-17-18-10-6-3-4-7-14-10/h3-4,6-7H,5,8-9H2,1-2H3. The Kier molecular flexibility index (Phi) is 7.11. The molecule has 0 bridgehead atoms. The summed E-state index contributed by atoms with van der Waals surface area (Å²) in [5.74, 6) is 0.710. The second-order valence-corrected chi connectivity index (χ2v) is 8.45. The molecule has 0 radical (unpaired) electrons. The second-order valence-electron chi connectivity index (χ2n) is 4.04. The molecule has 0 aliphatic carbocycles. The summed E-state index contributed by atoms with van der Waals surface area (Å²) in [7, 11) is 3.36. The van der Waals surface area contributed by atoms with Gasteiger partial charge in [-0.05, 0) is 43.2 Å². The van der Waals surface area contributed by atoms with Gasteiger partial charge in [0.1, 0.15) is 9.35 Å². The summed E-state index contributed by atoms with van der Waals surface area (Å²) >= 11 is 3.27. The molecule has 0 aliphatic rings. The van der Waals surface area contributed by atoms with Crippen molar-refractivity contribution in [1.82, 2.24) is 4.98 Å². The third-order valence-electron chi connectivity index (χ3n) is 1.87. The van der Waals surface area contributed by atoms with Gasteiger partial charge in [0.25, 0.3) is 0 Å². The van der Waals surface area contributed by atoms with Crippen molar-refractivity contribution in [2.75, 3.05) is 12.4 Å². The molecule has 1 heterocycles. The molecule has 0 saturated carbocycles. The van der Waals surface area contributed by atoms with E-state index in [1.807, 2.05) is 18.2 Å². The number of carbonyl (C=O) groups excluding carboxylic acids is 1. The van der Waals surface area contributed by atoms with Gasteiger partial charge in [0.15, 0.2) is 0 Å². The van der Waals surface area contributed by atoms with Gasteiger partial charge < -0.3 is 4.74 Å². The molecular weight excluding hydrogens is 334 g/mol. The molecule has 0 spiro atoms. The van der Waals surface area contributed by atoms with E-state index in [9.17, 15) is 4.79 Å². The van der Waals surface area contributed by atoms with Crippen LogP contribution in [-0.4, -0.2) is 27.6 Å². The molecule has 6 heteroatoms. The lowest BCUT2D eigenvalue weighted by Crippen LogP contribution is -2.26. The minimum atomic E-state index is -0.594. The van der Waals surface area contributed by atoms with E-state index in [1.165, 1.54) is 0 Å². The van der Waals surface area contributed by atoms with Gasteiger partial charge in [0.2, 0.25) is 0 Å². The quantitative estimate of drug-likeness (QED) is 0.322. The van der Waals surface area contributed by atoms with Gasteiger partial charge in [-0.2, -0.15) is 0 Å². The van der Waals surface area contributed by atoms with Crippen molar-refractivity contribution in [2.45, 2.75) is 29.6 Å². The summed E-state index contributed by atoms with van der Waals surface area (Å²) in [5.41, 5.74) is 0. The highest BCUT2D eigenvalue weighted by Gasteiger charge is 2.24. The van der Waals surface area contributed by atoms with Gasteiger partial charge in [-0.1, -0.05) is 32.8 Å². The zero-order valence-electron chi connectivity index (χ0n) is 10.4. The molecule has 0 aromatic carbocycles. The number of pyridine rings is 1. The lowest BCUT2D eigenvalue weighted by molar-refractivity contribution is -0.145. The van der Waals surface area contributed by atoms with Crippen molar-refractivity contribution in [2.24, 2.45) is 0 Å². The van der Waals surface area contributed by atoms with E-state index in [-0.39, 0.29) is 5.97 Å². The van der Waals surface area contributed by atoms with Crippen molar-refractivity contribution < 1.29 is 9.53 Å². The third kappa shape index (κ3) is 6.66. The Balaban J connectivity index is 2.05. The number of carbonyl (C=O) groups is 1. The highest BCUT2D eigenvalue weighted by atomic mass is 79.9. The number of halogens is 1. The van der Waals surface area contributed by atoms with E-state index in [0.717, 1.165) is 17.2 Å². The van der Waals surface area contributed by atoms with Crippen molar-refractivity contribution in [3.8, 4) is 0 Å². The first-order chi connectivity index (χ1) is 8.50. The maximum Gasteiger partial charge on any atom is 0.322 e. The number of alkyl halides is 1. The Morgan fingerprint density at radius 2 is 2.28 bits per heavy atom. The zero-order chi connectivity index (χ0) is 13.4. The van der Waals surface area contributed by atoms with Crippen LogP contribution in [0.3, 0.4) is 0 Å². The number of hydrogen-bond donors (Lipinski definition) is 0. The number of nitrogens with zero attached hydrogens (tertiary/aromatic N) is 1. The minimum Gasteiger partial charge on any atom is -0.465 e. The van der Waals surface area contributed by atoms with Crippen LogP contribution in [0.2, 0.25) is 0 Å². The normalized spacial score (nSPS) is 11.3. The van der Waals surface area contributed by atoms with Crippen molar-refractivity contribution in [1.29, 1.82) is 0 Å². The number of ether oxygens (including phenoxy) is 1. The average Bonchev–Trinajstić information content (AvgIpc) is 2.33. The maximum absolute atomic E-state index is 11.4. The first kappa shape index (κ1) is 15.9. The molecule has 18 heavy (non-hydrogen) atoms. The van der Waals surface area contributed by atoms with Gasteiger partial charge in [-0.3, -0.25) is 4.79 Å².